The third-order valence-corrected chi connectivity index (χ3v) is 2.32. The number of nitrogens with one attached hydrogen (secondary N) is 1. The predicted octanol–water partition coefficient (Wildman–Crippen LogP) is -1.04. The number of anilines is 1. The number of aliphatic hydroxyl groups excluding tert-OH is 1. The van der Waals surface area contributed by atoms with Gasteiger partial charge in [-0.15, -0.1) is 16.2 Å². The monoisotopic (exact) mass is 246 g/mol. The molecule has 0 saturated carbocycles. The van der Waals surface area contributed by atoms with Crippen LogP contribution >= 0.6 is 11.3 Å². The van der Waals surface area contributed by atoms with Gasteiger partial charge >= 0.3 is 0 Å². The minimum Gasteiger partial charge on any atom is -0.375 e. The predicted molar refractivity (Wildman–Crippen MR) is 56.3 cm³/mol. The first kappa shape index (κ1) is 12.5. The summed E-state index contributed by atoms with van der Waals surface area (Å²) in [5, 5.41) is 23.5. The highest BCUT2D eigenvalue weighted by molar-refractivity contribution is 7.13. The van der Waals surface area contributed by atoms with Crippen LogP contribution in [-0.2, 0) is 4.79 Å². The molecule has 1 atom stereocenters. The minimum atomic E-state index is -1.68. The number of rotatable bonds is 5. The Morgan fingerprint density at radius 1 is 1.69 bits per heavy atom. The van der Waals surface area contributed by atoms with Gasteiger partial charge in [-0.1, -0.05) is 0 Å². The topological polar surface area (TPSA) is 138 Å². The van der Waals surface area contributed by atoms with E-state index < -0.39 is 18.2 Å². The largest absolute Gasteiger partial charge is 0.375 e. The quantitative estimate of drug-likeness (QED) is 0.386. The Morgan fingerprint density at radius 3 is 2.81 bits per heavy atom. The van der Waals surface area contributed by atoms with Crippen LogP contribution in [0.15, 0.2) is 10.6 Å². The minimum absolute atomic E-state index is 0.141. The molecule has 88 valence electrons. The molecule has 1 unspecified atom stereocenters. The fourth-order valence-electron chi connectivity index (χ4n) is 0.951. The van der Waals surface area contributed by atoms with Gasteiger partial charge in [0.25, 0.3) is 5.91 Å². The van der Waals surface area contributed by atoms with E-state index in [1.54, 1.807) is 0 Å². The van der Waals surface area contributed by atoms with Crippen molar-refractivity contribution < 1.29 is 15.0 Å². The number of amides is 1. The second-order valence-electron chi connectivity index (χ2n) is 2.84. The average molecular weight is 246 g/mol. The van der Waals surface area contributed by atoms with E-state index >= 15 is 0 Å². The third kappa shape index (κ3) is 3.22. The Bertz CT molecular complexity index is 380. The van der Waals surface area contributed by atoms with Crippen LogP contribution in [0.5, 0.6) is 0 Å². The molecule has 9 heteroatoms. The van der Waals surface area contributed by atoms with Gasteiger partial charge in [0.1, 0.15) is 0 Å². The molecule has 16 heavy (non-hydrogen) atoms. The van der Waals surface area contributed by atoms with Gasteiger partial charge in [0, 0.05) is 5.38 Å². The molecule has 0 saturated heterocycles. The van der Waals surface area contributed by atoms with Gasteiger partial charge in [-0.2, -0.15) is 0 Å². The van der Waals surface area contributed by atoms with Crippen LogP contribution in [0.25, 0.3) is 0 Å². The average Bonchev–Trinajstić information content (AvgIpc) is 2.63. The van der Waals surface area contributed by atoms with Gasteiger partial charge in [-0.05, 0) is 5.18 Å². The molecule has 0 aromatic carbocycles. The summed E-state index contributed by atoms with van der Waals surface area (Å²) in [6.07, 6.45) is -1.68. The van der Waals surface area contributed by atoms with Crippen LogP contribution in [-0.4, -0.2) is 33.9 Å². The summed E-state index contributed by atoms with van der Waals surface area (Å²) in [5.41, 5.74) is 5.49. The van der Waals surface area contributed by atoms with Crippen LogP contribution in [0.3, 0.4) is 0 Å². The van der Waals surface area contributed by atoms with E-state index in [-0.39, 0.29) is 17.4 Å². The van der Waals surface area contributed by atoms with E-state index in [0.29, 0.717) is 0 Å². The number of thiazole rings is 1. The van der Waals surface area contributed by atoms with Crippen molar-refractivity contribution in [2.75, 3.05) is 12.3 Å². The van der Waals surface area contributed by atoms with Crippen molar-refractivity contribution >= 4 is 22.4 Å². The zero-order valence-electron chi connectivity index (χ0n) is 8.03. The standard InChI is InChI=1S/C7H10N4O4S/c8-7-10-3(2-16-7)5(11-15)6(14)9-1-4(12)13/h2,4-5,12-13H,1H2,(H2,8,10)(H,9,14). The van der Waals surface area contributed by atoms with Crippen molar-refractivity contribution in [3.63, 3.8) is 0 Å². The lowest BCUT2D eigenvalue weighted by Crippen LogP contribution is -2.34. The molecular weight excluding hydrogens is 236 g/mol. The lowest BCUT2D eigenvalue weighted by Gasteiger charge is -2.08. The first-order valence-corrected chi connectivity index (χ1v) is 5.09. The van der Waals surface area contributed by atoms with Crippen molar-refractivity contribution in [1.82, 2.24) is 10.3 Å². The van der Waals surface area contributed by atoms with E-state index in [1.807, 2.05) is 0 Å². The molecule has 8 nitrogen and oxygen atoms in total. The summed E-state index contributed by atoms with van der Waals surface area (Å²) in [7, 11) is 0. The maximum atomic E-state index is 11.4. The van der Waals surface area contributed by atoms with Crippen molar-refractivity contribution in [3.8, 4) is 0 Å². The number of nitrogen functional groups attached to an aromatic ring is 1. The summed E-state index contributed by atoms with van der Waals surface area (Å²) >= 11 is 1.08. The number of aliphatic hydroxyl groups is 2. The van der Waals surface area contributed by atoms with Crippen LogP contribution in [0.4, 0.5) is 5.13 Å². The molecule has 0 radical (unpaired) electrons. The van der Waals surface area contributed by atoms with Crippen LogP contribution < -0.4 is 11.1 Å². The lowest BCUT2D eigenvalue weighted by molar-refractivity contribution is -0.124. The molecule has 1 aromatic rings. The number of hydrogen-bond acceptors (Lipinski definition) is 8. The highest BCUT2D eigenvalue weighted by Gasteiger charge is 2.24. The highest BCUT2D eigenvalue weighted by atomic mass is 32.1. The molecule has 1 rings (SSSR count). The number of nitrogens with two attached hydrogens (primary N) is 1. The van der Waals surface area contributed by atoms with Gasteiger partial charge < -0.3 is 21.3 Å². The molecule has 0 aliphatic heterocycles. The van der Waals surface area contributed by atoms with Crippen LogP contribution in [0, 0.1) is 4.91 Å². The molecule has 0 spiro atoms. The molecule has 1 amide bonds. The number of hydrogen-bond donors (Lipinski definition) is 4. The van der Waals surface area contributed by atoms with E-state index in [1.165, 1.54) is 5.38 Å². The Morgan fingerprint density at radius 2 is 2.38 bits per heavy atom. The fraction of sp³-hybridized carbons (Fsp3) is 0.429. The third-order valence-electron chi connectivity index (χ3n) is 1.63. The van der Waals surface area contributed by atoms with E-state index in [0.717, 1.165) is 11.3 Å². The molecular formula is C7H10N4O4S. The molecule has 0 fully saturated rings. The fourth-order valence-corrected chi connectivity index (χ4v) is 1.53. The normalized spacial score (nSPS) is 12.4. The second kappa shape index (κ2) is 5.49. The second-order valence-corrected chi connectivity index (χ2v) is 3.73. The number of nitroso groups, excluding NO2 is 1. The summed E-state index contributed by atoms with van der Waals surface area (Å²) in [4.78, 5) is 25.6. The summed E-state index contributed by atoms with van der Waals surface area (Å²) in [5.74, 6) is -0.756. The Balaban J connectivity index is 2.67. The number of carbonyl (C=O) groups is 1. The van der Waals surface area contributed by atoms with Crippen molar-refractivity contribution in [3.05, 3.63) is 16.0 Å². The van der Waals surface area contributed by atoms with Gasteiger partial charge in [-0.25, -0.2) is 4.98 Å². The Hall–Kier alpha value is -1.58. The molecule has 0 aliphatic rings. The lowest BCUT2D eigenvalue weighted by atomic mass is 10.2. The Labute approximate surface area is 94.1 Å². The molecule has 1 heterocycles. The van der Waals surface area contributed by atoms with Crippen molar-refractivity contribution in [2.24, 2.45) is 5.18 Å². The van der Waals surface area contributed by atoms with Crippen LogP contribution in [0.2, 0.25) is 0 Å². The molecule has 0 bridgehead atoms. The van der Waals surface area contributed by atoms with E-state index in [2.05, 4.69) is 15.5 Å². The SMILES string of the molecule is Nc1nc(C(N=O)C(=O)NCC(O)O)cs1. The molecule has 5 N–H and O–H groups in total. The van der Waals surface area contributed by atoms with E-state index in [4.69, 9.17) is 15.9 Å². The molecule has 1 aromatic heterocycles. The van der Waals surface area contributed by atoms with Crippen LogP contribution in [0.1, 0.15) is 11.7 Å². The Kier molecular flexibility index (Phi) is 4.28. The maximum absolute atomic E-state index is 11.4. The van der Waals surface area contributed by atoms with Crippen molar-refractivity contribution in [1.29, 1.82) is 0 Å². The van der Waals surface area contributed by atoms with Gasteiger partial charge in [0.05, 0.1) is 12.2 Å². The first-order chi connectivity index (χ1) is 7.54. The first-order valence-electron chi connectivity index (χ1n) is 4.21. The number of carbonyl (C=O) groups excluding carboxylic acids is 1. The maximum Gasteiger partial charge on any atom is 0.254 e. The zero-order chi connectivity index (χ0) is 12.1. The van der Waals surface area contributed by atoms with Crippen molar-refractivity contribution in [2.45, 2.75) is 12.3 Å². The number of aromatic nitrogens is 1. The summed E-state index contributed by atoms with van der Waals surface area (Å²) in [6, 6.07) is -1.33. The highest BCUT2D eigenvalue weighted by Crippen LogP contribution is 2.21. The summed E-state index contributed by atoms with van der Waals surface area (Å²) in [6.45, 7) is -0.384. The number of nitrogens with zero attached hydrogens (tertiary/aromatic N) is 2. The van der Waals surface area contributed by atoms with Gasteiger partial charge in [0.15, 0.2) is 11.4 Å². The summed E-state index contributed by atoms with van der Waals surface area (Å²) < 4.78 is 0. The van der Waals surface area contributed by atoms with E-state index in [9.17, 15) is 9.70 Å². The van der Waals surface area contributed by atoms with Gasteiger partial charge in [0.2, 0.25) is 6.04 Å². The van der Waals surface area contributed by atoms with Gasteiger partial charge in [-0.3, -0.25) is 4.79 Å². The smallest absolute Gasteiger partial charge is 0.254 e. The molecule has 0 aliphatic carbocycles. The zero-order valence-corrected chi connectivity index (χ0v) is 8.85.